The molecule has 3 aliphatic rings. The normalized spacial score (nSPS) is 46.7. The first-order valence-electron chi connectivity index (χ1n) is 10.8. The number of ether oxygens (including phenoxy) is 4. The van der Waals surface area contributed by atoms with Crippen LogP contribution >= 0.6 is 0 Å². The average Bonchev–Trinajstić information content (AvgIpc) is 2.79. The van der Waals surface area contributed by atoms with Crippen molar-refractivity contribution in [2.45, 2.75) is 98.2 Å². The van der Waals surface area contributed by atoms with Gasteiger partial charge in [-0.2, -0.15) is 0 Å². The summed E-state index contributed by atoms with van der Waals surface area (Å²) in [5.74, 6) is 0. The fourth-order valence-electron chi connectivity index (χ4n) is 4.40. The minimum Gasteiger partial charge on any atom is -0.412 e. The van der Waals surface area contributed by atoms with Crippen molar-refractivity contribution in [1.29, 1.82) is 0 Å². The van der Waals surface area contributed by atoms with E-state index < -0.39 is 98.4 Å². The number of aliphatic hydroxyl groups excluding tert-OH is 7. The Bertz CT molecular complexity index is 597. The standard InChI is InChI=1S/C18H36N4O11.Cu.4H2O/c19-2-6-10(25)12(27)13(28)18(30-6)33-16-5(21)1-4(20)15(14(16)29)32-17-11(26)8(22)9(24)7(3-23)31-17;;;;;/h4-18,23-29H,1-3,19-22H2;;4*1H2/q;+2;;;;/t4-,5+,6-,7-,8+,9-,10-,11-,12+,13-,14-,15+,16-,17-,18-;;;;;/m1...../s1. The number of hydrogen-bond donors (Lipinski definition) is 11. The van der Waals surface area contributed by atoms with E-state index in [9.17, 15) is 35.7 Å². The van der Waals surface area contributed by atoms with Gasteiger partial charge in [-0.1, -0.05) is 0 Å². The van der Waals surface area contributed by atoms with E-state index in [0.717, 1.165) is 0 Å². The molecule has 3 rings (SSSR count). The fraction of sp³-hybridized carbons (Fsp3) is 1.00. The van der Waals surface area contributed by atoms with Crippen molar-refractivity contribution in [3.05, 3.63) is 0 Å². The molecular weight excluding hydrogens is 576 g/mol. The molecule has 235 valence electrons. The maximum Gasteiger partial charge on any atom is 2.00 e. The van der Waals surface area contributed by atoms with Crippen molar-refractivity contribution < 1.29 is 93.7 Å². The molecule has 19 nitrogen and oxygen atoms in total. The number of nitrogens with two attached hydrogens (primary N) is 4. The van der Waals surface area contributed by atoms with E-state index in [0.29, 0.717) is 0 Å². The van der Waals surface area contributed by atoms with Gasteiger partial charge in [-0.15, -0.1) is 0 Å². The Labute approximate surface area is 228 Å². The average molecular weight is 620 g/mol. The quantitative estimate of drug-likeness (QED) is 0.123. The topological polar surface area (TPSA) is 409 Å². The van der Waals surface area contributed by atoms with Crippen molar-refractivity contribution in [1.82, 2.24) is 0 Å². The summed E-state index contributed by atoms with van der Waals surface area (Å²) in [5.41, 5.74) is 23.5. The van der Waals surface area contributed by atoms with Crippen molar-refractivity contribution in [2.75, 3.05) is 13.2 Å². The van der Waals surface area contributed by atoms with E-state index in [1.165, 1.54) is 0 Å². The van der Waals surface area contributed by atoms with Gasteiger partial charge in [0.05, 0.1) is 12.6 Å². The van der Waals surface area contributed by atoms with Gasteiger partial charge in [0, 0.05) is 18.6 Å². The van der Waals surface area contributed by atoms with Crippen LogP contribution in [0.4, 0.5) is 0 Å². The van der Waals surface area contributed by atoms with Gasteiger partial charge in [0.15, 0.2) is 12.6 Å². The van der Waals surface area contributed by atoms with Crippen LogP contribution < -0.4 is 22.9 Å². The summed E-state index contributed by atoms with van der Waals surface area (Å²) in [6.45, 7) is -0.763. The fourth-order valence-corrected chi connectivity index (χ4v) is 4.40. The Kier molecular flexibility index (Phi) is 19.5. The molecule has 0 spiro atoms. The minimum absolute atomic E-state index is 0. The summed E-state index contributed by atoms with van der Waals surface area (Å²) in [4.78, 5) is 0. The molecule has 2 saturated heterocycles. The van der Waals surface area contributed by atoms with Crippen LogP contribution in [0, 0.1) is 0 Å². The molecule has 2 aliphatic heterocycles. The van der Waals surface area contributed by atoms with Gasteiger partial charge >= 0.3 is 17.1 Å². The molecule has 2 heterocycles. The van der Waals surface area contributed by atoms with Crippen LogP contribution in [0.15, 0.2) is 0 Å². The summed E-state index contributed by atoms with van der Waals surface area (Å²) < 4.78 is 22.2. The van der Waals surface area contributed by atoms with E-state index in [4.69, 9.17) is 41.9 Å². The van der Waals surface area contributed by atoms with E-state index in [1.54, 1.807) is 0 Å². The molecule has 0 amide bonds. The summed E-state index contributed by atoms with van der Waals surface area (Å²) in [5, 5.41) is 70.9. The Morgan fingerprint density at radius 3 is 1.53 bits per heavy atom. The summed E-state index contributed by atoms with van der Waals surface area (Å²) in [7, 11) is 0. The first-order valence-corrected chi connectivity index (χ1v) is 10.8. The van der Waals surface area contributed by atoms with Gasteiger partial charge in [0.1, 0.15) is 61.0 Å². The third kappa shape index (κ3) is 8.39. The molecule has 3 fully saturated rings. The van der Waals surface area contributed by atoms with Crippen LogP contribution in [0.3, 0.4) is 0 Å². The third-order valence-corrected chi connectivity index (χ3v) is 6.48. The summed E-state index contributed by atoms with van der Waals surface area (Å²) in [6, 6.07) is -2.86. The maximum absolute atomic E-state index is 10.9. The Morgan fingerprint density at radius 1 is 0.632 bits per heavy atom. The zero-order valence-electron chi connectivity index (χ0n) is 20.2. The van der Waals surface area contributed by atoms with Crippen LogP contribution in [0.25, 0.3) is 0 Å². The van der Waals surface area contributed by atoms with E-state index >= 15 is 0 Å². The number of aliphatic hydroxyl groups is 7. The third-order valence-electron chi connectivity index (χ3n) is 6.48. The first-order chi connectivity index (χ1) is 15.5. The van der Waals surface area contributed by atoms with Crippen LogP contribution in [-0.2, 0) is 36.0 Å². The van der Waals surface area contributed by atoms with Gasteiger partial charge in [-0.3, -0.25) is 0 Å². The predicted molar refractivity (Wildman–Crippen MR) is 122 cm³/mol. The molecule has 0 aromatic rings. The molecule has 0 aromatic heterocycles. The minimum atomic E-state index is -1.66. The smallest absolute Gasteiger partial charge is 0.412 e. The summed E-state index contributed by atoms with van der Waals surface area (Å²) in [6.07, 6.45) is -16.5. The predicted octanol–water partition coefficient (Wildman–Crippen LogP) is -10.6. The zero-order valence-corrected chi connectivity index (χ0v) is 21.1. The van der Waals surface area contributed by atoms with Crippen molar-refractivity contribution in [3.8, 4) is 0 Å². The molecule has 1 aliphatic carbocycles. The number of hydrogen-bond acceptors (Lipinski definition) is 15. The SMILES string of the molecule is NC[C@H]1O[C@H](O[C@H]2[C@H](O)[C@@H](O[C@H]3O[C@H](CO)[C@@H](O)[C@H](N)[C@H]3O)[C@H](N)C[C@@H]2N)[C@H](O)[C@@H](O)[C@@H]1O.O.O.O.O.[Cu+2]. The van der Waals surface area contributed by atoms with E-state index in [2.05, 4.69) is 0 Å². The Morgan fingerprint density at radius 2 is 1.08 bits per heavy atom. The largest absolute Gasteiger partial charge is 2.00 e. The second-order valence-corrected chi connectivity index (χ2v) is 8.79. The molecule has 0 bridgehead atoms. The van der Waals surface area contributed by atoms with E-state index in [1.807, 2.05) is 0 Å². The van der Waals surface area contributed by atoms with Crippen LogP contribution in [-0.4, -0.2) is 163 Å². The Balaban J connectivity index is -0.00000245. The van der Waals surface area contributed by atoms with Crippen LogP contribution in [0.5, 0.6) is 0 Å². The second kappa shape index (κ2) is 17.5. The Hall–Kier alpha value is -0.241. The first kappa shape index (κ1) is 42.2. The van der Waals surface area contributed by atoms with Gasteiger partial charge < -0.3 is 99.5 Å². The summed E-state index contributed by atoms with van der Waals surface area (Å²) >= 11 is 0. The molecule has 38 heavy (non-hydrogen) atoms. The molecular formula is C18H44CuN4O15+2. The molecule has 1 radical (unpaired) electrons. The van der Waals surface area contributed by atoms with Gasteiger partial charge in [-0.05, 0) is 6.42 Å². The van der Waals surface area contributed by atoms with Crippen LogP contribution in [0.2, 0.25) is 0 Å². The van der Waals surface area contributed by atoms with Crippen molar-refractivity contribution in [2.24, 2.45) is 22.9 Å². The second-order valence-electron chi connectivity index (χ2n) is 8.79. The molecule has 0 aromatic carbocycles. The van der Waals surface area contributed by atoms with Crippen molar-refractivity contribution >= 4 is 0 Å². The van der Waals surface area contributed by atoms with Crippen molar-refractivity contribution in [3.63, 3.8) is 0 Å². The molecule has 15 atom stereocenters. The molecule has 20 heteroatoms. The zero-order chi connectivity index (χ0) is 24.6. The van der Waals surface area contributed by atoms with Crippen LogP contribution in [0.1, 0.15) is 6.42 Å². The molecule has 1 saturated carbocycles. The van der Waals surface area contributed by atoms with Gasteiger partial charge in [-0.25, -0.2) is 0 Å². The molecule has 0 unspecified atom stereocenters. The van der Waals surface area contributed by atoms with Gasteiger partial charge in [0.2, 0.25) is 0 Å². The molecule has 23 N–H and O–H groups in total. The monoisotopic (exact) mass is 619 g/mol. The van der Waals surface area contributed by atoms with E-state index in [-0.39, 0.29) is 51.9 Å². The van der Waals surface area contributed by atoms with Gasteiger partial charge in [0.25, 0.3) is 0 Å². The maximum atomic E-state index is 10.9. The number of rotatable bonds is 6.